The molecule has 0 aliphatic carbocycles. The van der Waals surface area contributed by atoms with E-state index in [0.29, 0.717) is 6.42 Å². The van der Waals surface area contributed by atoms with Crippen LogP contribution in [0.2, 0.25) is 0 Å². The van der Waals surface area contributed by atoms with Gasteiger partial charge in [0.2, 0.25) is 5.91 Å². The summed E-state index contributed by atoms with van der Waals surface area (Å²) in [5, 5.41) is 0. The molecule has 30 heavy (non-hydrogen) atoms. The molecule has 7 nitrogen and oxygen atoms in total. The smallest absolute Gasteiger partial charge is 0.416 e. The molecule has 3 rings (SSSR count). The van der Waals surface area contributed by atoms with E-state index in [2.05, 4.69) is 0 Å². The summed E-state index contributed by atoms with van der Waals surface area (Å²) in [7, 11) is 0. The van der Waals surface area contributed by atoms with E-state index < -0.39 is 23.9 Å². The van der Waals surface area contributed by atoms with E-state index in [-0.39, 0.29) is 36.5 Å². The Kier molecular flexibility index (Phi) is 6.62. The molecule has 2 saturated heterocycles. The van der Waals surface area contributed by atoms with Crippen molar-refractivity contribution in [2.45, 2.75) is 65.1 Å². The predicted molar refractivity (Wildman–Crippen MR) is 110 cm³/mol. The number of nitrogens with zero attached hydrogens (tertiary/aromatic N) is 1. The van der Waals surface area contributed by atoms with Crippen LogP contribution in [-0.2, 0) is 30.2 Å². The van der Waals surface area contributed by atoms with Crippen molar-refractivity contribution < 1.29 is 28.6 Å². The quantitative estimate of drug-likeness (QED) is 0.661. The van der Waals surface area contributed by atoms with Crippen LogP contribution in [0.5, 0.6) is 0 Å². The Morgan fingerprint density at radius 3 is 2.47 bits per heavy atom. The zero-order chi connectivity index (χ0) is 22.1. The van der Waals surface area contributed by atoms with Crippen molar-refractivity contribution in [3.05, 3.63) is 35.9 Å². The summed E-state index contributed by atoms with van der Waals surface area (Å²) in [6.07, 6.45) is -0.105. The molecule has 6 atom stereocenters. The van der Waals surface area contributed by atoms with E-state index >= 15 is 0 Å². The van der Waals surface area contributed by atoms with E-state index in [1.54, 1.807) is 27.7 Å². The van der Waals surface area contributed by atoms with Crippen LogP contribution in [0, 0.1) is 17.8 Å². The monoisotopic (exact) mass is 417 g/mol. The van der Waals surface area contributed by atoms with Gasteiger partial charge in [0.1, 0.15) is 12.9 Å². The first-order chi connectivity index (χ1) is 14.1. The van der Waals surface area contributed by atoms with E-state index in [0.717, 1.165) is 11.8 Å². The number of benzene rings is 1. The molecule has 2 aliphatic heterocycles. The van der Waals surface area contributed by atoms with Gasteiger partial charge in [-0.1, -0.05) is 51.1 Å². The van der Waals surface area contributed by atoms with Crippen molar-refractivity contribution in [3.63, 3.8) is 0 Å². The molecule has 1 aromatic carbocycles. The minimum atomic E-state index is -0.942. The first-order valence-corrected chi connectivity index (χ1v) is 10.5. The fraction of sp³-hybridized carbons (Fsp3) is 0.609. The van der Waals surface area contributed by atoms with Gasteiger partial charge in [-0.3, -0.25) is 4.79 Å². The van der Waals surface area contributed by atoms with Gasteiger partial charge in [0.05, 0.1) is 24.2 Å². The van der Waals surface area contributed by atoms with Gasteiger partial charge in [-0.15, -0.1) is 0 Å². The highest BCUT2D eigenvalue weighted by Crippen LogP contribution is 2.38. The molecule has 0 radical (unpaired) electrons. The molecule has 2 aliphatic rings. The van der Waals surface area contributed by atoms with Crippen LogP contribution >= 0.6 is 0 Å². The minimum Gasteiger partial charge on any atom is -0.447 e. The number of amides is 2. The summed E-state index contributed by atoms with van der Waals surface area (Å²) < 4.78 is 17.3. The zero-order valence-electron chi connectivity index (χ0n) is 18.2. The van der Waals surface area contributed by atoms with Crippen LogP contribution in [0.15, 0.2) is 30.3 Å². The number of imide groups is 1. The van der Waals surface area contributed by atoms with Crippen molar-refractivity contribution in [2.24, 2.45) is 17.8 Å². The summed E-state index contributed by atoms with van der Waals surface area (Å²) in [6, 6.07) is 9.35. The molecule has 1 aromatic rings. The highest BCUT2D eigenvalue weighted by molar-refractivity contribution is 5.95. The number of hydrogen-bond donors (Lipinski definition) is 0. The first kappa shape index (κ1) is 22.4. The Balaban J connectivity index is 1.80. The van der Waals surface area contributed by atoms with Crippen LogP contribution in [0.4, 0.5) is 4.79 Å². The Morgan fingerprint density at radius 1 is 1.20 bits per heavy atom. The van der Waals surface area contributed by atoms with Crippen LogP contribution in [0.3, 0.4) is 0 Å². The zero-order valence-corrected chi connectivity index (χ0v) is 18.2. The number of hydrogen-bond acceptors (Lipinski definition) is 6. The molecule has 0 bridgehead atoms. The van der Waals surface area contributed by atoms with E-state index in [1.165, 1.54) is 4.90 Å². The fourth-order valence-corrected chi connectivity index (χ4v) is 4.43. The van der Waals surface area contributed by atoms with Gasteiger partial charge in [-0.2, -0.15) is 0 Å². The summed E-state index contributed by atoms with van der Waals surface area (Å²) >= 11 is 0. The number of aldehydes is 1. The van der Waals surface area contributed by atoms with Crippen LogP contribution in [0.25, 0.3) is 0 Å². The van der Waals surface area contributed by atoms with Gasteiger partial charge < -0.3 is 19.0 Å². The van der Waals surface area contributed by atoms with E-state index in [1.807, 2.05) is 37.3 Å². The number of rotatable bonds is 6. The maximum absolute atomic E-state index is 13.4. The second-order valence-corrected chi connectivity index (χ2v) is 8.84. The normalized spacial score (nSPS) is 30.4. The minimum absolute atomic E-state index is 0.173. The molecule has 0 aromatic heterocycles. The Labute approximate surface area is 177 Å². The standard InChI is InChI=1S/C23H31NO6/c1-14(12-25)19-15(2)20(30-23(4,5)29-19)16(3)21(26)24-18(13-28-22(24)27)11-17-9-7-6-8-10-17/h6-10,12,14-16,18-20H,11,13H2,1-5H3/t14-,15+,16+,18+,19-,20-/m0/s1. The lowest BCUT2D eigenvalue weighted by Crippen LogP contribution is -2.57. The Bertz CT molecular complexity index is 779. The molecule has 0 saturated carbocycles. The Morgan fingerprint density at radius 2 is 1.83 bits per heavy atom. The maximum Gasteiger partial charge on any atom is 0.416 e. The number of carbonyl (C=O) groups is 3. The molecule has 2 heterocycles. The molecule has 2 amide bonds. The maximum atomic E-state index is 13.4. The SMILES string of the molecule is C[C@@H]1[C@H]([C@@H](C)C=O)OC(C)(C)O[C@@H]1[C@@H](C)C(=O)N1C(=O)OC[C@H]1Cc1ccccc1. The van der Waals surface area contributed by atoms with Gasteiger partial charge in [-0.25, -0.2) is 9.69 Å². The van der Waals surface area contributed by atoms with Gasteiger partial charge in [-0.05, 0) is 25.8 Å². The summed E-state index contributed by atoms with van der Waals surface area (Å²) in [5.74, 6) is -2.42. The lowest BCUT2D eigenvalue weighted by molar-refractivity contribution is -0.330. The third-order valence-corrected chi connectivity index (χ3v) is 6.00. The van der Waals surface area contributed by atoms with Gasteiger partial charge in [0, 0.05) is 11.8 Å². The topological polar surface area (TPSA) is 82.1 Å². The second-order valence-electron chi connectivity index (χ2n) is 8.84. The molecule has 2 fully saturated rings. The Hall–Kier alpha value is -2.25. The average Bonchev–Trinajstić information content (AvgIpc) is 3.08. The summed E-state index contributed by atoms with van der Waals surface area (Å²) in [5.41, 5.74) is 1.03. The first-order valence-electron chi connectivity index (χ1n) is 10.5. The number of carbonyl (C=O) groups excluding carboxylic acids is 3. The molecular formula is C23H31NO6. The molecule has 7 heteroatoms. The molecular weight excluding hydrogens is 386 g/mol. The lowest BCUT2D eigenvalue weighted by Gasteiger charge is -2.48. The molecule has 0 unspecified atom stereocenters. The van der Waals surface area contributed by atoms with E-state index in [9.17, 15) is 14.4 Å². The molecule has 0 spiro atoms. The van der Waals surface area contributed by atoms with E-state index in [4.69, 9.17) is 14.2 Å². The fourth-order valence-electron chi connectivity index (χ4n) is 4.43. The van der Waals surface area contributed by atoms with Crippen molar-refractivity contribution in [1.82, 2.24) is 4.90 Å². The van der Waals surface area contributed by atoms with Crippen LogP contribution in [0.1, 0.15) is 40.2 Å². The summed E-state index contributed by atoms with van der Waals surface area (Å²) in [4.78, 5) is 38.4. The van der Waals surface area contributed by atoms with Gasteiger partial charge in [0.15, 0.2) is 5.79 Å². The molecule has 0 N–H and O–H groups in total. The van der Waals surface area contributed by atoms with Crippen molar-refractivity contribution in [2.75, 3.05) is 6.61 Å². The van der Waals surface area contributed by atoms with Crippen molar-refractivity contribution >= 4 is 18.3 Å². The largest absolute Gasteiger partial charge is 0.447 e. The third-order valence-electron chi connectivity index (χ3n) is 6.00. The highest BCUT2D eigenvalue weighted by atomic mass is 16.7. The number of cyclic esters (lactones) is 1. The third kappa shape index (κ3) is 4.57. The van der Waals surface area contributed by atoms with Crippen LogP contribution < -0.4 is 0 Å². The second kappa shape index (κ2) is 8.86. The number of ether oxygens (including phenoxy) is 3. The van der Waals surface area contributed by atoms with Gasteiger partial charge in [0.25, 0.3) is 0 Å². The summed E-state index contributed by atoms with van der Waals surface area (Å²) in [6.45, 7) is 9.20. The van der Waals surface area contributed by atoms with Crippen LogP contribution in [-0.4, -0.2) is 53.8 Å². The lowest BCUT2D eigenvalue weighted by atomic mass is 9.82. The molecule has 164 valence electrons. The highest BCUT2D eigenvalue weighted by Gasteiger charge is 2.49. The average molecular weight is 418 g/mol. The predicted octanol–water partition coefficient (Wildman–Crippen LogP) is 3.20. The van der Waals surface area contributed by atoms with Crippen molar-refractivity contribution in [1.29, 1.82) is 0 Å². The van der Waals surface area contributed by atoms with Gasteiger partial charge >= 0.3 is 6.09 Å². The van der Waals surface area contributed by atoms with Crippen molar-refractivity contribution in [3.8, 4) is 0 Å².